The SMILES string of the molecule is C=C[C@@H](CO)NC1CCOC1. The number of hydrogen-bond acceptors (Lipinski definition) is 3. The second kappa shape index (κ2) is 4.49. The van der Waals surface area contributed by atoms with Gasteiger partial charge in [0.2, 0.25) is 0 Å². The molecule has 0 saturated carbocycles. The molecule has 64 valence electrons. The molecule has 0 radical (unpaired) electrons. The van der Waals surface area contributed by atoms with Crippen molar-refractivity contribution < 1.29 is 9.84 Å². The Morgan fingerprint density at radius 1 is 1.82 bits per heavy atom. The molecule has 11 heavy (non-hydrogen) atoms. The average Bonchev–Trinajstić information content (AvgIpc) is 2.52. The number of aliphatic hydroxyl groups excluding tert-OH is 1. The fourth-order valence-corrected chi connectivity index (χ4v) is 1.16. The fourth-order valence-electron chi connectivity index (χ4n) is 1.16. The minimum atomic E-state index is 0.0155. The highest BCUT2D eigenvalue weighted by molar-refractivity contribution is 4.88. The molecule has 0 aliphatic carbocycles. The molecule has 2 N–H and O–H groups in total. The largest absolute Gasteiger partial charge is 0.394 e. The van der Waals surface area contributed by atoms with Crippen molar-refractivity contribution in [2.24, 2.45) is 0 Å². The van der Waals surface area contributed by atoms with Crippen molar-refractivity contribution in [1.29, 1.82) is 0 Å². The van der Waals surface area contributed by atoms with Gasteiger partial charge in [0.25, 0.3) is 0 Å². The maximum Gasteiger partial charge on any atom is 0.0620 e. The van der Waals surface area contributed by atoms with E-state index in [1.54, 1.807) is 6.08 Å². The molecule has 1 aliphatic rings. The molecule has 0 bridgehead atoms. The summed E-state index contributed by atoms with van der Waals surface area (Å²) in [6, 6.07) is 0.409. The molecule has 1 saturated heterocycles. The van der Waals surface area contributed by atoms with Crippen molar-refractivity contribution in [1.82, 2.24) is 5.32 Å². The Hall–Kier alpha value is -0.380. The fraction of sp³-hybridized carbons (Fsp3) is 0.750. The molecule has 2 atom stereocenters. The molecule has 3 heteroatoms. The van der Waals surface area contributed by atoms with Crippen LogP contribution in [-0.4, -0.2) is 37.0 Å². The van der Waals surface area contributed by atoms with Gasteiger partial charge < -0.3 is 15.2 Å². The van der Waals surface area contributed by atoms with Gasteiger partial charge in [-0.2, -0.15) is 0 Å². The highest BCUT2D eigenvalue weighted by atomic mass is 16.5. The summed E-state index contributed by atoms with van der Waals surface area (Å²) in [6.45, 7) is 5.30. The van der Waals surface area contributed by atoms with Gasteiger partial charge in [0.05, 0.1) is 13.2 Å². The van der Waals surface area contributed by atoms with Gasteiger partial charge in [-0.25, -0.2) is 0 Å². The third kappa shape index (κ3) is 2.61. The van der Waals surface area contributed by atoms with Crippen LogP contribution in [0, 0.1) is 0 Å². The molecule has 0 aromatic rings. The highest BCUT2D eigenvalue weighted by Crippen LogP contribution is 2.04. The van der Waals surface area contributed by atoms with E-state index < -0.39 is 0 Å². The number of rotatable bonds is 4. The van der Waals surface area contributed by atoms with E-state index in [4.69, 9.17) is 9.84 Å². The van der Waals surface area contributed by atoms with Gasteiger partial charge in [-0.1, -0.05) is 6.08 Å². The molecule has 0 amide bonds. The van der Waals surface area contributed by atoms with E-state index in [0.29, 0.717) is 6.04 Å². The molecule has 0 aromatic carbocycles. The van der Waals surface area contributed by atoms with Gasteiger partial charge in [-0.3, -0.25) is 0 Å². The number of hydrogen-bond donors (Lipinski definition) is 2. The smallest absolute Gasteiger partial charge is 0.0620 e. The van der Waals surface area contributed by atoms with E-state index in [0.717, 1.165) is 19.6 Å². The van der Waals surface area contributed by atoms with Gasteiger partial charge in [0.15, 0.2) is 0 Å². The normalized spacial score (nSPS) is 26.8. The monoisotopic (exact) mass is 157 g/mol. The van der Waals surface area contributed by atoms with Crippen molar-refractivity contribution >= 4 is 0 Å². The van der Waals surface area contributed by atoms with Crippen LogP contribution >= 0.6 is 0 Å². The van der Waals surface area contributed by atoms with E-state index in [2.05, 4.69) is 11.9 Å². The molecule has 1 rings (SSSR count). The highest BCUT2D eigenvalue weighted by Gasteiger charge is 2.17. The summed E-state index contributed by atoms with van der Waals surface area (Å²) in [7, 11) is 0. The van der Waals surface area contributed by atoms with Gasteiger partial charge in [0, 0.05) is 18.7 Å². The van der Waals surface area contributed by atoms with E-state index in [1.165, 1.54) is 0 Å². The van der Waals surface area contributed by atoms with Gasteiger partial charge in [0.1, 0.15) is 0 Å². The summed E-state index contributed by atoms with van der Waals surface area (Å²) < 4.78 is 5.17. The first kappa shape index (κ1) is 8.71. The topological polar surface area (TPSA) is 41.5 Å². The van der Waals surface area contributed by atoms with Crippen LogP contribution in [0.3, 0.4) is 0 Å². The molecule has 1 fully saturated rings. The third-order valence-electron chi connectivity index (χ3n) is 1.86. The van der Waals surface area contributed by atoms with Gasteiger partial charge in [-0.15, -0.1) is 6.58 Å². The third-order valence-corrected chi connectivity index (χ3v) is 1.86. The van der Waals surface area contributed by atoms with Gasteiger partial charge in [-0.05, 0) is 6.42 Å². The Bertz CT molecular complexity index is 121. The van der Waals surface area contributed by atoms with E-state index in [-0.39, 0.29) is 12.6 Å². The number of nitrogens with one attached hydrogen (secondary N) is 1. The molecule has 1 heterocycles. The molecule has 3 nitrogen and oxygen atoms in total. The van der Waals surface area contributed by atoms with Crippen LogP contribution in [0.5, 0.6) is 0 Å². The summed E-state index contributed by atoms with van der Waals surface area (Å²) in [5, 5.41) is 12.0. The van der Waals surface area contributed by atoms with Gasteiger partial charge >= 0.3 is 0 Å². The first-order valence-electron chi connectivity index (χ1n) is 3.94. The average molecular weight is 157 g/mol. The Morgan fingerprint density at radius 3 is 3.09 bits per heavy atom. The second-order valence-corrected chi connectivity index (χ2v) is 2.75. The quantitative estimate of drug-likeness (QED) is 0.560. The molecular weight excluding hydrogens is 142 g/mol. The lowest BCUT2D eigenvalue weighted by molar-refractivity contribution is 0.184. The van der Waals surface area contributed by atoms with Crippen LogP contribution in [0.25, 0.3) is 0 Å². The zero-order valence-electron chi connectivity index (χ0n) is 6.62. The van der Waals surface area contributed by atoms with Crippen LogP contribution < -0.4 is 5.32 Å². The molecule has 0 aromatic heterocycles. The molecular formula is C8H15NO2. The Kier molecular flexibility index (Phi) is 3.56. The van der Waals surface area contributed by atoms with Crippen molar-refractivity contribution in [2.45, 2.75) is 18.5 Å². The van der Waals surface area contributed by atoms with Crippen LogP contribution in [-0.2, 0) is 4.74 Å². The van der Waals surface area contributed by atoms with Crippen LogP contribution in [0.4, 0.5) is 0 Å². The molecule has 1 aliphatic heterocycles. The standard InChI is InChI=1S/C8H15NO2/c1-2-7(5-10)9-8-3-4-11-6-8/h2,7-10H,1,3-6H2/t7-,8?/m0/s1. The van der Waals surface area contributed by atoms with Crippen LogP contribution in [0.15, 0.2) is 12.7 Å². The van der Waals surface area contributed by atoms with Crippen LogP contribution in [0.1, 0.15) is 6.42 Å². The predicted octanol–water partition coefficient (Wildman–Crippen LogP) is -0.0882. The zero-order valence-corrected chi connectivity index (χ0v) is 6.62. The van der Waals surface area contributed by atoms with Crippen molar-refractivity contribution in [2.75, 3.05) is 19.8 Å². The minimum absolute atomic E-state index is 0.0155. The van der Waals surface area contributed by atoms with Crippen molar-refractivity contribution in [3.8, 4) is 0 Å². The summed E-state index contributed by atoms with van der Waals surface area (Å²) in [4.78, 5) is 0. The summed E-state index contributed by atoms with van der Waals surface area (Å²) >= 11 is 0. The molecule has 0 spiro atoms. The lowest BCUT2D eigenvalue weighted by Gasteiger charge is -2.16. The number of ether oxygens (including phenoxy) is 1. The Labute approximate surface area is 67.1 Å². The first-order valence-corrected chi connectivity index (χ1v) is 3.94. The minimum Gasteiger partial charge on any atom is -0.394 e. The number of aliphatic hydroxyl groups is 1. The maximum absolute atomic E-state index is 8.81. The van der Waals surface area contributed by atoms with E-state index >= 15 is 0 Å². The lowest BCUT2D eigenvalue weighted by Crippen LogP contribution is -2.39. The van der Waals surface area contributed by atoms with Crippen molar-refractivity contribution in [3.05, 3.63) is 12.7 Å². The van der Waals surface area contributed by atoms with E-state index in [9.17, 15) is 0 Å². The molecule has 1 unspecified atom stereocenters. The van der Waals surface area contributed by atoms with E-state index in [1.807, 2.05) is 0 Å². The van der Waals surface area contributed by atoms with Crippen LogP contribution in [0.2, 0.25) is 0 Å². The predicted molar refractivity (Wildman–Crippen MR) is 43.4 cm³/mol. The summed E-state index contributed by atoms with van der Waals surface area (Å²) in [5.74, 6) is 0. The zero-order chi connectivity index (χ0) is 8.10. The lowest BCUT2D eigenvalue weighted by atomic mass is 10.2. The first-order chi connectivity index (χ1) is 5.36. The maximum atomic E-state index is 8.81. The summed E-state index contributed by atoms with van der Waals surface area (Å²) in [6.07, 6.45) is 2.75. The Morgan fingerprint density at radius 2 is 2.64 bits per heavy atom. The van der Waals surface area contributed by atoms with Crippen molar-refractivity contribution in [3.63, 3.8) is 0 Å². The second-order valence-electron chi connectivity index (χ2n) is 2.75. The summed E-state index contributed by atoms with van der Waals surface area (Å²) in [5.41, 5.74) is 0. The Balaban J connectivity index is 2.21.